The van der Waals surface area contributed by atoms with Gasteiger partial charge in [0, 0.05) is 0 Å². The number of aliphatic hydroxyl groups is 1. The monoisotopic (exact) mass is 454 g/mol. The fraction of sp³-hybridized carbons (Fsp3) is 0.818. The number of likely N-dealkylation sites (tertiary alicyclic amines) is 1. The molecule has 2 rings (SSSR count). The zero-order valence-electron chi connectivity index (χ0n) is 20.5. The number of nitrogens with zero attached hydrogens (tertiary/aromatic N) is 2. The first-order valence-corrected chi connectivity index (χ1v) is 13.6. The van der Waals surface area contributed by atoms with Crippen LogP contribution in [0, 0.1) is 11.3 Å². The summed E-state index contributed by atoms with van der Waals surface area (Å²) in [6, 6.07) is 0.612. The molecule has 0 radical (unpaired) electrons. The minimum Gasteiger partial charge on any atom is -0.514 e. The molecule has 0 aromatic carbocycles. The molecule has 1 N–H and O–H groups in total. The number of fused-ring (bicyclic) bond motifs is 1. The van der Waals surface area contributed by atoms with Crippen molar-refractivity contribution in [3.8, 4) is 6.07 Å². The van der Waals surface area contributed by atoms with Crippen LogP contribution in [-0.2, 0) is 18.6 Å². The van der Waals surface area contributed by atoms with Gasteiger partial charge in [-0.2, -0.15) is 5.26 Å². The first kappa shape index (κ1) is 25.7. The predicted molar refractivity (Wildman–Crippen MR) is 119 cm³/mol. The minimum absolute atomic E-state index is 0.0111. The minimum atomic E-state index is -2.13. The highest BCUT2D eigenvalue weighted by molar-refractivity contribution is 6.74. The van der Waals surface area contributed by atoms with Crippen molar-refractivity contribution in [3.63, 3.8) is 0 Å². The molecule has 0 saturated carbocycles. The Morgan fingerprint density at radius 3 is 2.19 bits per heavy atom. The van der Waals surface area contributed by atoms with Crippen molar-refractivity contribution in [1.29, 1.82) is 5.26 Å². The Balaban J connectivity index is 2.48. The van der Waals surface area contributed by atoms with Gasteiger partial charge >= 0.3 is 6.09 Å². The molecule has 0 aromatic heterocycles. The number of carbonyl (C=O) groups is 1. The zero-order valence-corrected chi connectivity index (χ0v) is 21.5. The lowest BCUT2D eigenvalue weighted by Gasteiger charge is -2.39. The van der Waals surface area contributed by atoms with Crippen LogP contribution >= 0.6 is 0 Å². The van der Waals surface area contributed by atoms with E-state index in [0.29, 0.717) is 0 Å². The molecule has 0 aromatic rings. The summed E-state index contributed by atoms with van der Waals surface area (Å²) >= 11 is 0. The van der Waals surface area contributed by atoms with Crippen LogP contribution in [0.2, 0.25) is 18.1 Å². The summed E-state index contributed by atoms with van der Waals surface area (Å²) in [5, 5.41) is 19.4. The van der Waals surface area contributed by atoms with E-state index in [-0.39, 0.29) is 17.2 Å². The molecule has 8 nitrogen and oxygen atoms in total. The smallest absolute Gasteiger partial charge is 0.411 e. The van der Waals surface area contributed by atoms with Gasteiger partial charge in [-0.25, -0.2) is 4.79 Å². The van der Waals surface area contributed by atoms with Crippen molar-refractivity contribution in [2.75, 3.05) is 6.61 Å². The Kier molecular flexibility index (Phi) is 6.95. The summed E-state index contributed by atoms with van der Waals surface area (Å²) in [5.41, 5.74) is -0.724. The summed E-state index contributed by atoms with van der Waals surface area (Å²) in [5.74, 6) is -0.890. The fourth-order valence-corrected chi connectivity index (χ4v) is 4.65. The highest BCUT2D eigenvalue weighted by Gasteiger charge is 2.61. The third-order valence-corrected chi connectivity index (χ3v) is 10.6. The second-order valence-corrected chi connectivity index (χ2v) is 16.0. The van der Waals surface area contributed by atoms with E-state index in [1.54, 1.807) is 34.6 Å². The van der Waals surface area contributed by atoms with Crippen LogP contribution in [0.15, 0.2) is 11.8 Å². The molecule has 9 heteroatoms. The van der Waals surface area contributed by atoms with E-state index >= 15 is 0 Å². The first-order chi connectivity index (χ1) is 13.9. The van der Waals surface area contributed by atoms with Crippen LogP contribution in [0.1, 0.15) is 55.4 Å². The van der Waals surface area contributed by atoms with Crippen molar-refractivity contribution in [2.24, 2.45) is 0 Å². The molecule has 0 aliphatic carbocycles. The van der Waals surface area contributed by atoms with Gasteiger partial charge in [-0.05, 0) is 52.8 Å². The molecule has 176 valence electrons. The molecule has 31 heavy (non-hydrogen) atoms. The van der Waals surface area contributed by atoms with Crippen LogP contribution in [-0.4, -0.2) is 66.7 Å². The van der Waals surface area contributed by atoms with E-state index in [4.69, 9.17) is 18.6 Å². The van der Waals surface area contributed by atoms with Crippen LogP contribution in [0.25, 0.3) is 0 Å². The first-order valence-electron chi connectivity index (χ1n) is 10.7. The van der Waals surface area contributed by atoms with E-state index in [0.717, 1.165) is 6.26 Å². The van der Waals surface area contributed by atoms with E-state index in [1.165, 1.54) is 4.90 Å². The van der Waals surface area contributed by atoms with Gasteiger partial charge in [-0.1, -0.05) is 20.8 Å². The second-order valence-electron chi connectivity index (χ2n) is 11.2. The van der Waals surface area contributed by atoms with E-state index in [2.05, 4.69) is 33.9 Å². The highest BCUT2D eigenvalue weighted by Crippen LogP contribution is 2.44. The summed E-state index contributed by atoms with van der Waals surface area (Å²) in [6.07, 6.45) is -1.03. The van der Waals surface area contributed by atoms with Gasteiger partial charge in [0.15, 0.2) is 14.1 Å². The number of amides is 1. The average Bonchev–Trinajstić information content (AvgIpc) is 3.03. The quantitative estimate of drug-likeness (QED) is 0.379. The standard InChI is InChI=1S/C22H38N2O6Si/c1-20(2,3)30-19(26)24-15(13-27-31(9,10)21(4,5)6)17-18(29-22(7,8)28-17)16(24)14(11-23)12-25/h12,15-18,25H,13H2,1-10H3/b14-12+/t15-,16-,17-,18-/m0/s1. The van der Waals surface area contributed by atoms with Gasteiger partial charge in [0.2, 0.25) is 0 Å². The summed E-state index contributed by atoms with van der Waals surface area (Å²) in [7, 11) is -2.13. The lowest BCUT2D eigenvalue weighted by Crippen LogP contribution is -2.52. The van der Waals surface area contributed by atoms with Crippen molar-refractivity contribution >= 4 is 14.4 Å². The SMILES string of the molecule is CC(C)(C)OC(=O)N1[C@@H](CO[Si](C)(C)C(C)(C)C)[C@@H]2OC(C)(C)O[C@H]2[C@@H]1/C(C#N)=C/O. The molecule has 2 aliphatic heterocycles. The Labute approximate surface area is 187 Å². The van der Waals surface area contributed by atoms with E-state index in [9.17, 15) is 15.2 Å². The zero-order chi connectivity index (χ0) is 24.0. The molecule has 4 atom stereocenters. The van der Waals surface area contributed by atoms with Gasteiger partial charge in [0.25, 0.3) is 0 Å². The van der Waals surface area contributed by atoms with Crippen LogP contribution in [0.3, 0.4) is 0 Å². The van der Waals surface area contributed by atoms with Crippen molar-refractivity contribution < 1.29 is 28.5 Å². The third kappa shape index (κ3) is 5.42. The Morgan fingerprint density at radius 2 is 1.74 bits per heavy atom. The third-order valence-electron chi connectivity index (χ3n) is 6.12. The largest absolute Gasteiger partial charge is 0.514 e. The van der Waals surface area contributed by atoms with Crippen LogP contribution in [0.5, 0.6) is 0 Å². The molecular formula is C22H38N2O6Si. The number of carbonyl (C=O) groups excluding carboxylic acids is 1. The average molecular weight is 455 g/mol. The maximum Gasteiger partial charge on any atom is 0.411 e. The van der Waals surface area contributed by atoms with E-state index in [1.807, 2.05) is 6.07 Å². The van der Waals surface area contributed by atoms with Gasteiger partial charge in [-0.15, -0.1) is 0 Å². The Hall–Kier alpha value is -1.60. The molecule has 0 spiro atoms. The van der Waals surface area contributed by atoms with Gasteiger partial charge in [-0.3, -0.25) is 4.90 Å². The maximum absolute atomic E-state index is 13.3. The van der Waals surface area contributed by atoms with Crippen molar-refractivity contribution in [1.82, 2.24) is 4.90 Å². The second kappa shape index (κ2) is 8.39. The summed E-state index contributed by atoms with van der Waals surface area (Å²) < 4.78 is 24.4. The number of hydrogen-bond acceptors (Lipinski definition) is 7. The highest BCUT2D eigenvalue weighted by atomic mass is 28.4. The maximum atomic E-state index is 13.3. The van der Waals surface area contributed by atoms with Gasteiger partial charge < -0.3 is 23.7 Å². The lowest BCUT2D eigenvalue weighted by atomic mass is 10.0. The molecule has 0 unspecified atom stereocenters. The van der Waals surface area contributed by atoms with Crippen molar-refractivity contribution in [2.45, 2.75) is 109 Å². The number of aliphatic hydroxyl groups excluding tert-OH is 1. The van der Waals surface area contributed by atoms with Gasteiger partial charge in [0.05, 0.1) is 24.5 Å². The van der Waals surface area contributed by atoms with Crippen molar-refractivity contribution in [3.05, 3.63) is 11.8 Å². The number of nitriles is 1. The summed E-state index contributed by atoms with van der Waals surface area (Å²) in [6.45, 7) is 19.9. The summed E-state index contributed by atoms with van der Waals surface area (Å²) in [4.78, 5) is 14.7. The van der Waals surface area contributed by atoms with Crippen LogP contribution in [0.4, 0.5) is 4.79 Å². The topological polar surface area (TPSA) is 101 Å². The van der Waals surface area contributed by atoms with E-state index < -0.39 is 50.1 Å². The Bertz CT molecular complexity index is 759. The number of hydrogen-bond donors (Lipinski definition) is 1. The normalized spacial score (nSPS) is 28.9. The number of rotatable bonds is 4. The molecule has 2 heterocycles. The molecule has 2 aliphatic rings. The molecule has 2 saturated heterocycles. The predicted octanol–water partition coefficient (Wildman–Crippen LogP) is 4.48. The fourth-order valence-electron chi connectivity index (χ4n) is 3.63. The molecule has 0 bridgehead atoms. The Morgan fingerprint density at radius 1 is 1.19 bits per heavy atom. The number of ether oxygens (including phenoxy) is 3. The van der Waals surface area contributed by atoms with Crippen LogP contribution < -0.4 is 0 Å². The molecule has 2 fully saturated rings. The lowest BCUT2D eigenvalue weighted by molar-refractivity contribution is -0.166. The van der Waals surface area contributed by atoms with Gasteiger partial charge in [0.1, 0.15) is 29.9 Å². The molecule has 1 amide bonds. The molecular weight excluding hydrogens is 416 g/mol.